The SMILES string of the molecule is CCN(C)[P+](C)(N)ON(C)c1ccc(NC(=O)CC(C)(C)C(C)(C)S)cc1. The number of thiol groups is 1. The summed E-state index contributed by atoms with van der Waals surface area (Å²) in [6.45, 7) is 12.9. The molecule has 0 radical (unpaired) electrons. The molecule has 27 heavy (non-hydrogen) atoms. The van der Waals surface area contributed by atoms with Crippen molar-refractivity contribution in [2.45, 2.75) is 45.8 Å². The summed E-state index contributed by atoms with van der Waals surface area (Å²) in [5.74, 6) is -0.0236. The third-order valence-electron chi connectivity index (χ3n) is 5.20. The summed E-state index contributed by atoms with van der Waals surface area (Å²) in [5, 5.41) is 4.63. The van der Waals surface area contributed by atoms with E-state index in [2.05, 4.69) is 31.8 Å². The highest BCUT2D eigenvalue weighted by molar-refractivity contribution is 7.81. The maximum Gasteiger partial charge on any atom is 0.314 e. The quantitative estimate of drug-likeness (QED) is 0.316. The molecule has 0 aromatic heterocycles. The van der Waals surface area contributed by atoms with E-state index in [0.717, 1.165) is 17.9 Å². The molecule has 1 amide bonds. The van der Waals surface area contributed by atoms with Gasteiger partial charge in [0.2, 0.25) is 5.91 Å². The van der Waals surface area contributed by atoms with Gasteiger partial charge in [0, 0.05) is 37.5 Å². The van der Waals surface area contributed by atoms with Gasteiger partial charge in [0.1, 0.15) is 6.66 Å². The topological polar surface area (TPSA) is 70.8 Å². The van der Waals surface area contributed by atoms with Gasteiger partial charge in [0.05, 0.1) is 5.69 Å². The summed E-state index contributed by atoms with van der Waals surface area (Å²) >= 11 is 4.62. The number of nitrogens with two attached hydrogens (primary N) is 1. The van der Waals surface area contributed by atoms with E-state index >= 15 is 0 Å². The lowest BCUT2D eigenvalue weighted by molar-refractivity contribution is -0.118. The summed E-state index contributed by atoms with van der Waals surface area (Å²) in [7, 11) is 1.64. The number of rotatable bonds is 9. The van der Waals surface area contributed by atoms with Crippen LogP contribution in [-0.2, 0) is 9.42 Å². The van der Waals surface area contributed by atoms with Crippen molar-refractivity contribution >= 4 is 37.7 Å². The minimum Gasteiger partial charge on any atom is -0.326 e. The molecule has 1 unspecified atom stereocenters. The highest BCUT2D eigenvalue weighted by Gasteiger charge is 2.37. The predicted octanol–water partition coefficient (Wildman–Crippen LogP) is 4.42. The van der Waals surface area contributed by atoms with Crippen LogP contribution in [-0.4, -0.2) is 42.6 Å². The highest BCUT2D eigenvalue weighted by Crippen LogP contribution is 2.51. The van der Waals surface area contributed by atoms with Gasteiger partial charge < -0.3 is 5.32 Å². The van der Waals surface area contributed by atoms with Gasteiger partial charge in [-0.05, 0) is 36.6 Å². The van der Waals surface area contributed by atoms with E-state index < -0.39 is 7.79 Å². The van der Waals surface area contributed by atoms with E-state index in [1.165, 1.54) is 0 Å². The minimum absolute atomic E-state index is 0.0236. The first-order chi connectivity index (χ1) is 12.2. The van der Waals surface area contributed by atoms with Crippen LogP contribution in [0.4, 0.5) is 11.4 Å². The zero-order valence-corrected chi connectivity index (χ0v) is 19.7. The van der Waals surface area contributed by atoms with Crippen LogP contribution < -0.4 is 15.9 Å². The Morgan fingerprint density at radius 3 is 2.19 bits per heavy atom. The van der Waals surface area contributed by atoms with Gasteiger partial charge >= 0.3 is 7.79 Å². The Morgan fingerprint density at radius 1 is 1.22 bits per heavy atom. The third-order valence-corrected chi connectivity index (χ3v) is 8.02. The van der Waals surface area contributed by atoms with Crippen molar-refractivity contribution in [2.75, 3.05) is 37.7 Å². The molecule has 0 aliphatic carbocycles. The summed E-state index contributed by atoms with van der Waals surface area (Å²) in [6.07, 6.45) is 0.396. The van der Waals surface area contributed by atoms with E-state index in [-0.39, 0.29) is 16.1 Å². The Labute approximate surface area is 170 Å². The first-order valence-corrected chi connectivity index (χ1v) is 11.7. The van der Waals surface area contributed by atoms with Gasteiger partial charge in [0.15, 0.2) is 0 Å². The van der Waals surface area contributed by atoms with Crippen LogP contribution in [0.2, 0.25) is 0 Å². The lowest BCUT2D eigenvalue weighted by Gasteiger charge is -2.37. The van der Waals surface area contributed by atoms with Crippen molar-refractivity contribution in [3.63, 3.8) is 0 Å². The fourth-order valence-corrected chi connectivity index (χ4v) is 3.57. The van der Waals surface area contributed by atoms with Crippen LogP contribution in [0.3, 0.4) is 0 Å². The van der Waals surface area contributed by atoms with E-state index in [1.54, 1.807) is 5.06 Å². The number of carbonyl (C=O) groups is 1. The number of benzene rings is 1. The lowest BCUT2D eigenvalue weighted by atomic mass is 9.77. The predicted molar refractivity (Wildman–Crippen MR) is 121 cm³/mol. The van der Waals surface area contributed by atoms with Crippen molar-refractivity contribution in [1.82, 2.24) is 4.67 Å². The molecular formula is C19H36N4O2PS+. The zero-order chi connectivity index (χ0) is 21.0. The molecule has 1 atom stereocenters. The summed E-state index contributed by atoms with van der Waals surface area (Å²) in [6, 6.07) is 7.52. The number of nitrogens with one attached hydrogen (secondary N) is 1. The fourth-order valence-electron chi connectivity index (χ4n) is 2.22. The van der Waals surface area contributed by atoms with Gasteiger partial charge in [-0.15, -0.1) is 4.67 Å². The van der Waals surface area contributed by atoms with E-state index in [4.69, 9.17) is 10.1 Å². The van der Waals surface area contributed by atoms with Crippen LogP contribution in [0.15, 0.2) is 24.3 Å². The molecular weight excluding hydrogens is 379 g/mol. The Balaban J connectivity index is 2.72. The van der Waals surface area contributed by atoms with Gasteiger partial charge in [-0.3, -0.25) is 4.79 Å². The average Bonchev–Trinajstić information content (AvgIpc) is 2.52. The number of hydrogen-bond acceptors (Lipinski definition) is 6. The molecule has 0 spiro atoms. The molecule has 0 fully saturated rings. The van der Waals surface area contributed by atoms with Crippen molar-refractivity contribution < 1.29 is 9.42 Å². The number of anilines is 2. The second kappa shape index (κ2) is 9.10. The van der Waals surface area contributed by atoms with E-state index in [9.17, 15) is 4.79 Å². The van der Waals surface area contributed by atoms with Crippen molar-refractivity contribution in [3.05, 3.63) is 24.3 Å². The average molecular weight is 416 g/mol. The highest BCUT2D eigenvalue weighted by atomic mass is 32.1. The molecule has 0 aliphatic heterocycles. The fraction of sp³-hybridized carbons (Fsp3) is 0.632. The molecule has 1 aromatic rings. The third kappa shape index (κ3) is 6.91. The second-order valence-electron chi connectivity index (χ2n) is 8.21. The molecule has 1 aromatic carbocycles. The molecule has 0 aliphatic rings. The van der Waals surface area contributed by atoms with Crippen LogP contribution >= 0.6 is 20.4 Å². The Bertz CT molecular complexity index is 630. The Morgan fingerprint density at radius 2 is 1.74 bits per heavy atom. The van der Waals surface area contributed by atoms with Crippen LogP contribution in [0, 0.1) is 5.41 Å². The number of hydroxylamine groups is 1. The number of hydrogen-bond donors (Lipinski definition) is 3. The molecule has 1 rings (SSSR count). The molecule has 3 N–H and O–H groups in total. The first-order valence-electron chi connectivity index (χ1n) is 9.12. The van der Waals surface area contributed by atoms with Crippen LogP contribution in [0.1, 0.15) is 41.0 Å². The number of amides is 1. The maximum atomic E-state index is 12.4. The minimum atomic E-state index is -2.15. The zero-order valence-electron chi connectivity index (χ0n) is 17.9. The van der Waals surface area contributed by atoms with Gasteiger partial charge in [-0.25, -0.2) is 5.06 Å². The van der Waals surface area contributed by atoms with Crippen molar-refractivity contribution in [3.8, 4) is 0 Å². The lowest BCUT2D eigenvalue weighted by Crippen LogP contribution is -2.37. The molecule has 0 saturated heterocycles. The smallest absolute Gasteiger partial charge is 0.314 e. The van der Waals surface area contributed by atoms with Crippen molar-refractivity contribution in [2.24, 2.45) is 10.9 Å². The summed E-state index contributed by atoms with van der Waals surface area (Å²) in [5.41, 5.74) is 7.70. The van der Waals surface area contributed by atoms with Crippen LogP contribution in [0.5, 0.6) is 0 Å². The number of nitrogens with zero attached hydrogens (tertiary/aromatic N) is 2. The van der Waals surface area contributed by atoms with Gasteiger partial charge in [-0.1, -0.05) is 32.3 Å². The largest absolute Gasteiger partial charge is 0.326 e. The summed E-state index contributed by atoms with van der Waals surface area (Å²) < 4.78 is 7.72. The molecule has 154 valence electrons. The van der Waals surface area contributed by atoms with Gasteiger partial charge in [-0.2, -0.15) is 18.1 Å². The molecule has 6 nitrogen and oxygen atoms in total. The monoisotopic (exact) mass is 415 g/mol. The van der Waals surface area contributed by atoms with E-state index in [1.807, 2.05) is 70.5 Å². The summed E-state index contributed by atoms with van der Waals surface area (Å²) in [4.78, 5) is 12.4. The second-order valence-corrected chi connectivity index (χ2v) is 12.1. The Kier molecular flexibility index (Phi) is 8.15. The molecule has 0 saturated carbocycles. The molecule has 8 heteroatoms. The Hall–Kier alpha value is -0.850. The van der Waals surface area contributed by atoms with E-state index in [0.29, 0.717) is 6.42 Å². The standard InChI is InChI=1S/C19H35N4O2PS/c1-9-22(6)26(8,20)25-23(7)16-12-10-15(11-13-16)21-17(24)14-18(2,3)19(4,5)27/h10-13H,9,14,20H2,1-8H3,(H-,21,24,27)/p+1. The van der Waals surface area contributed by atoms with Gasteiger partial charge in [0.25, 0.3) is 0 Å². The maximum absolute atomic E-state index is 12.4. The first kappa shape index (κ1) is 24.2. The van der Waals surface area contributed by atoms with Crippen LogP contribution in [0.25, 0.3) is 0 Å². The normalized spacial score (nSPS) is 14.8. The molecule has 0 bridgehead atoms. The number of carbonyl (C=O) groups excluding carboxylic acids is 1. The van der Waals surface area contributed by atoms with Crippen molar-refractivity contribution in [1.29, 1.82) is 0 Å². The molecule has 0 heterocycles.